The molecule has 6 nitrogen and oxygen atoms in total. The van der Waals surface area contributed by atoms with Crippen LogP contribution in [0.5, 0.6) is 0 Å². The number of aromatic nitrogens is 2. The summed E-state index contributed by atoms with van der Waals surface area (Å²) in [6.07, 6.45) is 1.55. The molecule has 1 fully saturated rings. The highest BCUT2D eigenvalue weighted by Gasteiger charge is 2.19. The van der Waals surface area contributed by atoms with Crippen molar-refractivity contribution in [1.82, 2.24) is 14.9 Å². The number of hydrogen-bond donors (Lipinski definition) is 1. The van der Waals surface area contributed by atoms with Crippen LogP contribution in [0.4, 0.5) is 11.8 Å². The summed E-state index contributed by atoms with van der Waals surface area (Å²) in [6.45, 7) is 6.40. The second-order valence-corrected chi connectivity index (χ2v) is 5.25. The molecule has 1 aliphatic rings. The van der Waals surface area contributed by atoms with Crippen molar-refractivity contribution in [3.05, 3.63) is 12.3 Å². The Bertz CT molecular complexity index is 402. The number of hydrogen-bond acceptors (Lipinski definition) is 6. The van der Waals surface area contributed by atoms with Crippen LogP contribution in [0.1, 0.15) is 6.92 Å². The molecule has 19 heavy (non-hydrogen) atoms. The van der Waals surface area contributed by atoms with Crippen LogP contribution < -0.4 is 9.80 Å². The highest BCUT2D eigenvalue weighted by Crippen LogP contribution is 2.15. The molecule has 1 N–H and O–H groups in total. The van der Waals surface area contributed by atoms with Gasteiger partial charge >= 0.3 is 0 Å². The molecule has 1 unspecified atom stereocenters. The summed E-state index contributed by atoms with van der Waals surface area (Å²) in [5.41, 5.74) is 0. The number of aliphatic hydroxyl groups is 1. The van der Waals surface area contributed by atoms with Crippen molar-refractivity contribution in [3.8, 4) is 0 Å². The fourth-order valence-corrected chi connectivity index (χ4v) is 2.26. The molecule has 1 aromatic heterocycles. The van der Waals surface area contributed by atoms with E-state index in [9.17, 15) is 5.11 Å². The van der Waals surface area contributed by atoms with Crippen LogP contribution in [0.15, 0.2) is 12.3 Å². The molecule has 1 aromatic rings. The van der Waals surface area contributed by atoms with Gasteiger partial charge in [0.2, 0.25) is 5.95 Å². The third-order valence-corrected chi connectivity index (χ3v) is 3.25. The van der Waals surface area contributed by atoms with E-state index in [-0.39, 0.29) is 6.10 Å². The number of aliphatic hydroxyl groups excluding tert-OH is 1. The third kappa shape index (κ3) is 3.78. The van der Waals surface area contributed by atoms with Crippen molar-refractivity contribution in [2.45, 2.75) is 13.0 Å². The fourth-order valence-electron chi connectivity index (χ4n) is 2.26. The molecular weight excluding hydrogens is 242 g/mol. The van der Waals surface area contributed by atoms with E-state index in [1.165, 1.54) is 0 Å². The van der Waals surface area contributed by atoms with Gasteiger partial charge in [-0.3, -0.25) is 4.90 Å². The first-order chi connectivity index (χ1) is 9.06. The van der Waals surface area contributed by atoms with Gasteiger partial charge in [-0.1, -0.05) is 0 Å². The largest absolute Gasteiger partial charge is 0.392 e. The maximum Gasteiger partial charge on any atom is 0.226 e. The molecule has 1 aliphatic heterocycles. The molecule has 106 valence electrons. The van der Waals surface area contributed by atoms with Crippen molar-refractivity contribution in [2.75, 3.05) is 56.6 Å². The average molecular weight is 265 g/mol. The third-order valence-electron chi connectivity index (χ3n) is 3.25. The highest BCUT2D eigenvalue weighted by atomic mass is 16.3. The lowest BCUT2D eigenvalue weighted by Crippen LogP contribution is -2.48. The van der Waals surface area contributed by atoms with Crippen LogP contribution in [-0.2, 0) is 0 Å². The number of nitrogens with zero attached hydrogens (tertiary/aromatic N) is 5. The minimum atomic E-state index is -0.258. The van der Waals surface area contributed by atoms with Crippen LogP contribution >= 0.6 is 0 Å². The zero-order chi connectivity index (χ0) is 13.8. The average Bonchev–Trinajstić information content (AvgIpc) is 2.39. The van der Waals surface area contributed by atoms with Gasteiger partial charge in [0.15, 0.2) is 0 Å². The van der Waals surface area contributed by atoms with E-state index in [2.05, 4.69) is 19.8 Å². The quantitative estimate of drug-likeness (QED) is 0.830. The summed E-state index contributed by atoms with van der Waals surface area (Å²) in [7, 11) is 3.89. The van der Waals surface area contributed by atoms with Gasteiger partial charge < -0.3 is 14.9 Å². The summed E-state index contributed by atoms with van der Waals surface area (Å²) < 4.78 is 0. The SMILES string of the molecule is CC(O)CN1CCN(c2ccnc(N(C)C)n2)CC1. The van der Waals surface area contributed by atoms with Crippen molar-refractivity contribution in [3.63, 3.8) is 0 Å². The lowest BCUT2D eigenvalue weighted by Gasteiger charge is -2.36. The van der Waals surface area contributed by atoms with Crippen molar-refractivity contribution >= 4 is 11.8 Å². The van der Waals surface area contributed by atoms with E-state index in [4.69, 9.17) is 0 Å². The van der Waals surface area contributed by atoms with Gasteiger partial charge in [0.25, 0.3) is 0 Å². The van der Waals surface area contributed by atoms with Crippen molar-refractivity contribution < 1.29 is 5.11 Å². The summed E-state index contributed by atoms with van der Waals surface area (Å²) in [6, 6.07) is 1.96. The summed E-state index contributed by atoms with van der Waals surface area (Å²) in [4.78, 5) is 15.3. The Morgan fingerprint density at radius 3 is 2.58 bits per heavy atom. The fraction of sp³-hybridized carbons (Fsp3) is 0.692. The highest BCUT2D eigenvalue weighted by molar-refractivity contribution is 5.43. The topological polar surface area (TPSA) is 55.7 Å². The number of rotatable bonds is 4. The number of β-amino-alcohol motifs (C(OH)–C–C–N with tert-alkyl or cyclic N) is 1. The second-order valence-electron chi connectivity index (χ2n) is 5.25. The monoisotopic (exact) mass is 265 g/mol. The predicted octanol–water partition coefficient (Wildman–Crippen LogP) is 0.0454. The standard InChI is InChI=1S/C13H23N5O/c1-11(19)10-17-6-8-18(9-7-17)12-4-5-14-13(15-12)16(2)3/h4-5,11,19H,6-10H2,1-3H3. The molecule has 1 saturated heterocycles. The van der Waals surface area contributed by atoms with Gasteiger partial charge in [0.05, 0.1) is 6.10 Å². The number of piperazine rings is 1. The van der Waals surface area contributed by atoms with E-state index in [1.54, 1.807) is 6.20 Å². The summed E-state index contributed by atoms with van der Waals surface area (Å²) >= 11 is 0. The maximum atomic E-state index is 9.40. The molecule has 1 atom stereocenters. The maximum absolute atomic E-state index is 9.40. The van der Waals surface area contributed by atoms with Gasteiger partial charge in [0, 0.05) is 53.0 Å². The van der Waals surface area contributed by atoms with Crippen LogP contribution in [0.2, 0.25) is 0 Å². The van der Waals surface area contributed by atoms with Crippen LogP contribution in [0.25, 0.3) is 0 Å². The molecule has 0 bridgehead atoms. The lowest BCUT2D eigenvalue weighted by molar-refractivity contribution is 0.122. The molecule has 6 heteroatoms. The molecular formula is C13H23N5O. The van der Waals surface area contributed by atoms with E-state index >= 15 is 0 Å². The Morgan fingerprint density at radius 1 is 1.32 bits per heavy atom. The van der Waals surface area contributed by atoms with Crippen LogP contribution in [0.3, 0.4) is 0 Å². The smallest absolute Gasteiger partial charge is 0.226 e. The first kappa shape index (κ1) is 14.0. The predicted molar refractivity (Wildman–Crippen MR) is 76.7 cm³/mol. The Hall–Kier alpha value is -1.40. The Kier molecular flexibility index (Phi) is 4.55. The first-order valence-electron chi connectivity index (χ1n) is 6.72. The first-order valence-corrected chi connectivity index (χ1v) is 6.72. The molecule has 0 aliphatic carbocycles. The minimum absolute atomic E-state index is 0.258. The zero-order valence-corrected chi connectivity index (χ0v) is 12.0. The van der Waals surface area contributed by atoms with Crippen LogP contribution in [-0.4, -0.2) is 72.9 Å². The van der Waals surface area contributed by atoms with Crippen LogP contribution in [0, 0.1) is 0 Å². The molecule has 0 amide bonds. The van der Waals surface area contributed by atoms with E-state index in [0.717, 1.165) is 44.5 Å². The Labute approximate surface area is 114 Å². The van der Waals surface area contributed by atoms with Gasteiger partial charge in [0.1, 0.15) is 5.82 Å². The Balaban J connectivity index is 1.96. The van der Waals surface area contributed by atoms with Gasteiger partial charge in [-0.25, -0.2) is 4.98 Å². The van der Waals surface area contributed by atoms with Gasteiger partial charge in [-0.05, 0) is 13.0 Å². The Morgan fingerprint density at radius 2 is 2.00 bits per heavy atom. The van der Waals surface area contributed by atoms with E-state index in [1.807, 2.05) is 32.0 Å². The molecule has 0 radical (unpaired) electrons. The van der Waals surface area contributed by atoms with Crippen molar-refractivity contribution in [1.29, 1.82) is 0 Å². The summed E-state index contributed by atoms with van der Waals surface area (Å²) in [5, 5.41) is 9.40. The van der Waals surface area contributed by atoms with E-state index < -0.39 is 0 Å². The normalized spacial score (nSPS) is 18.4. The van der Waals surface area contributed by atoms with Gasteiger partial charge in [-0.15, -0.1) is 0 Å². The second kappa shape index (κ2) is 6.16. The number of anilines is 2. The molecule has 0 saturated carbocycles. The summed E-state index contributed by atoms with van der Waals surface area (Å²) in [5.74, 6) is 1.72. The molecule has 0 spiro atoms. The molecule has 0 aromatic carbocycles. The minimum Gasteiger partial charge on any atom is -0.392 e. The molecule has 2 rings (SSSR count). The van der Waals surface area contributed by atoms with E-state index in [0.29, 0.717) is 0 Å². The van der Waals surface area contributed by atoms with Crippen molar-refractivity contribution in [2.24, 2.45) is 0 Å². The van der Waals surface area contributed by atoms with Gasteiger partial charge in [-0.2, -0.15) is 4.98 Å². The lowest BCUT2D eigenvalue weighted by atomic mass is 10.2. The zero-order valence-electron chi connectivity index (χ0n) is 12.0. The molecule has 2 heterocycles.